The SMILES string of the molecule is CN/C(=N\[N+](=O)[O-])NCC1CCOC1.CN/C(=N\[N+](=O)[O-])NCc1cnc(Cl)s1.N#CN=C1SCCN1Cc1ccc(Cl)nc1. The Balaban J connectivity index is 0.000000236. The lowest BCUT2D eigenvalue weighted by Crippen LogP contribution is -2.38. The van der Waals surface area contributed by atoms with Gasteiger partial charge in [-0.1, -0.05) is 41.0 Å². The number of thioether (sulfide) groups is 1. The molecule has 4 heterocycles. The predicted molar refractivity (Wildman–Crippen MR) is 173 cm³/mol. The Morgan fingerprint density at radius 3 is 2.40 bits per heavy atom. The summed E-state index contributed by atoms with van der Waals surface area (Å²) in [6, 6.07) is 3.70. The van der Waals surface area contributed by atoms with E-state index in [1.807, 2.05) is 12.3 Å². The molecule has 0 aliphatic carbocycles. The normalized spacial score (nSPS) is 16.9. The molecule has 18 nitrogen and oxygen atoms in total. The summed E-state index contributed by atoms with van der Waals surface area (Å²) in [4.78, 5) is 34.7. The maximum absolute atomic E-state index is 10.1. The van der Waals surface area contributed by atoms with Crippen molar-refractivity contribution in [2.75, 3.05) is 46.2 Å². The van der Waals surface area contributed by atoms with E-state index in [0.29, 0.717) is 35.2 Å². The van der Waals surface area contributed by atoms with E-state index in [1.165, 1.54) is 18.4 Å². The Morgan fingerprint density at radius 2 is 1.87 bits per heavy atom. The molecule has 0 aromatic carbocycles. The van der Waals surface area contributed by atoms with Gasteiger partial charge in [0.25, 0.3) is 11.9 Å². The number of aliphatic imine (C=N–C) groups is 1. The highest BCUT2D eigenvalue weighted by atomic mass is 35.5. The summed E-state index contributed by atoms with van der Waals surface area (Å²) < 4.78 is 5.60. The Morgan fingerprint density at radius 1 is 1.16 bits per heavy atom. The molecule has 0 spiro atoms. The zero-order chi connectivity index (χ0) is 33.0. The zero-order valence-corrected chi connectivity index (χ0v) is 27.3. The molecule has 45 heavy (non-hydrogen) atoms. The lowest BCUT2D eigenvalue weighted by molar-refractivity contribution is -0.485. The molecule has 2 aromatic heterocycles. The van der Waals surface area contributed by atoms with Gasteiger partial charge in [-0.3, -0.25) is 0 Å². The third-order valence-electron chi connectivity index (χ3n) is 5.55. The van der Waals surface area contributed by atoms with Crippen molar-refractivity contribution in [3.63, 3.8) is 0 Å². The summed E-state index contributed by atoms with van der Waals surface area (Å²) in [7, 11) is 3.12. The number of halogens is 2. The first-order chi connectivity index (χ1) is 21.6. The largest absolute Gasteiger partial charge is 0.381 e. The number of nitro groups is 2. The number of hydrazone groups is 2. The van der Waals surface area contributed by atoms with Gasteiger partial charge in [0.05, 0.1) is 13.2 Å². The van der Waals surface area contributed by atoms with Crippen molar-refractivity contribution >= 4 is 63.4 Å². The van der Waals surface area contributed by atoms with Crippen molar-refractivity contribution in [1.82, 2.24) is 36.1 Å². The van der Waals surface area contributed by atoms with Gasteiger partial charge in [-0.05, 0) is 18.1 Å². The first-order valence-electron chi connectivity index (χ1n) is 13.1. The number of pyridine rings is 1. The highest BCUT2D eigenvalue weighted by Gasteiger charge is 2.19. The van der Waals surface area contributed by atoms with Crippen molar-refractivity contribution in [2.45, 2.75) is 19.5 Å². The van der Waals surface area contributed by atoms with Crippen LogP contribution in [0.1, 0.15) is 16.9 Å². The van der Waals surface area contributed by atoms with Crippen LogP contribution in [0.25, 0.3) is 0 Å². The number of hydrogen-bond donors (Lipinski definition) is 4. The molecular weight excluding hydrogens is 673 g/mol. The zero-order valence-electron chi connectivity index (χ0n) is 24.2. The molecule has 0 bridgehead atoms. The van der Waals surface area contributed by atoms with Crippen LogP contribution in [0.3, 0.4) is 0 Å². The smallest absolute Gasteiger partial charge is 0.268 e. The second kappa shape index (κ2) is 20.8. The summed E-state index contributed by atoms with van der Waals surface area (Å²) >= 11 is 14.2. The van der Waals surface area contributed by atoms with E-state index in [2.05, 4.69) is 51.3 Å². The predicted octanol–water partition coefficient (Wildman–Crippen LogP) is 2.15. The highest BCUT2D eigenvalue weighted by Crippen LogP contribution is 2.20. The third-order valence-corrected chi connectivity index (χ3v) is 7.88. The second-order valence-corrected chi connectivity index (χ2v) is 11.8. The summed E-state index contributed by atoms with van der Waals surface area (Å²) in [6.45, 7) is 4.15. The van der Waals surface area contributed by atoms with E-state index >= 15 is 0 Å². The molecule has 2 saturated heterocycles. The average molecular weight is 705 g/mol. The van der Waals surface area contributed by atoms with E-state index in [1.54, 1.807) is 37.3 Å². The topological polar surface area (TPSA) is 234 Å². The van der Waals surface area contributed by atoms with Crippen molar-refractivity contribution < 1.29 is 14.8 Å². The molecule has 1 atom stereocenters. The Hall–Kier alpha value is -4.03. The van der Waals surface area contributed by atoms with Crippen LogP contribution in [-0.4, -0.2) is 88.2 Å². The molecule has 2 aliphatic rings. The van der Waals surface area contributed by atoms with Crippen LogP contribution in [0.5, 0.6) is 0 Å². The minimum atomic E-state index is -0.779. The van der Waals surface area contributed by atoms with E-state index in [-0.39, 0.29) is 11.9 Å². The fourth-order valence-corrected chi connectivity index (χ4v) is 5.45. The summed E-state index contributed by atoms with van der Waals surface area (Å²) in [5, 5.41) is 45.5. The Kier molecular flexibility index (Phi) is 17.2. The highest BCUT2D eigenvalue weighted by molar-refractivity contribution is 8.14. The average Bonchev–Trinajstić information content (AvgIpc) is 3.78. The molecule has 1 unspecified atom stereocenters. The van der Waals surface area contributed by atoms with Crippen LogP contribution in [0, 0.1) is 37.6 Å². The second-order valence-electron chi connectivity index (χ2n) is 8.67. The molecule has 0 amide bonds. The summed E-state index contributed by atoms with van der Waals surface area (Å²) in [5.74, 6) is 1.66. The quantitative estimate of drug-likeness (QED) is 0.0770. The van der Waals surface area contributed by atoms with E-state index < -0.39 is 10.1 Å². The minimum Gasteiger partial charge on any atom is -0.381 e. The van der Waals surface area contributed by atoms with Crippen molar-refractivity contribution in [1.29, 1.82) is 5.26 Å². The summed E-state index contributed by atoms with van der Waals surface area (Å²) in [5.41, 5.74) is 1.07. The number of guanidine groups is 2. The van der Waals surface area contributed by atoms with Crippen LogP contribution in [0.2, 0.25) is 9.62 Å². The lowest BCUT2D eigenvalue weighted by Gasteiger charge is -2.16. The minimum absolute atomic E-state index is 0.0875. The molecule has 2 aliphatic heterocycles. The van der Waals surface area contributed by atoms with Gasteiger partial charge in [-0.15, -0.1) is 16.3 Å². The Bertz CT molecular complexity index is 1370. The van der Waals surface area contributed by atoms with Crippen LogP contribution in [-0.2, 0) is 17.8 Å². The van der Waals surface area contributed by atoms with Gasteiger partial charge in [-0.2, -0.15) is 5.26 Å². The number of ether oxygens (including phenoxy) is 1. The maximum Gasteiger partial charge on any atom is 0.268 e. The van der Waals surface area contributed by atoms with Gasteiger partial charge in [0.2, 0.25) is 6.19 Å². The molecule has 0 radical (unpaired) electrons. The fourth-order valence-electron chi connectivity index (χ4n) is 3.48. The number of thiazole rings is 1. The first-order valence-corrected chi connectivity index (χ1v) is 15.6. The van der Waals surface area contributed by atoms with Crippen molar-refractivity contribution in [2.24, 2.45) is 21.1 Å². The van der Waals surface area contributed by atoms with Crippen LogP contribution in [0.4, 0.5) is 0 Å². The molecule has 4 N–H and O–H groups in total. The molecule has 244 valence electrons. The fraction of sp³-hybridized carbons (Fsp3) is 0.478. The molecule has 2 aromatic rings. The van der Waals surface area contributed by atoms with Crippen LogP contribution < -0.4 is 21.3 Å². The standard InChI is InChI=1S/C10H9ClN4S.C7H14N4O3.C6H8ClN5O2S/c11-9-2-1-8(5-13-9)6-15-3-4-16-10(15)14-7-12;1-8-7(10-11(12)13)9-4-6-2-3-14-5-6;1-8-6(11-12(13)14)10-3-4-2-9-5(7)15-4/h1-2,5H,3-4,6H2;6H,2-5H2,1H3,(H2,8,9,10);2H,3H2,1H3,(H2,8,10,11). The van der Waals surface area contributed by atoms with E-state index in [9.17, 15) is 20.2 Å². The van der Waals surface area contributed by atoms with E-state index in [0.717, 1.165) is 47.5 Å². The summed E-state index contributed by atoms with van der Waals surface area (Å²) in [6.07, 6.45) is 6.15. The van der Waals surface area contributed by atoms with Crippen LogP contribution >= 0.6 is 46.3 Å². The number of nitrogens with one attached hydrogen (secondary N) is 4. The van der Waals surface area contributed by atoms with Crippen molar-refractivity contribution in [3.05, 3.63) is 64.8 Å². The molecule has 22 heteroatoms. The number of hydrogen-bond acceptors (Lipinski definition) is 11. The van der Waals surface area contributed by atoms with Crippen molar-refractivity contribution in [3.8, 4) is 6.19 Å². The maximum atomic E-state index is 10.1. The number of aromatic nitrogens is 2. The number of rotatable bonds is 8. The van der Waals surface area contributed by atoms with Gasteiger partial charge in [0.1, 0.15) is 15.4 Å². The van der Waals surface area contributed by atoms with Gasteiger partial charge >= 0.3 is 0 Å². The van der Waals surface area contributed by atoms with Gasteiger partial charge in [0.15, 0.2) is 19.7 Å². The number of amidine groups is 1. The monoisotopic (exact) mass is 703 g/mol. The molecule has 2 fully saturated rings. The van der Waals surface area contributed by atoms with E-state index in [4.69, 9.17) is 33.2 Å². The van der Waals surface area contributed by atoms with Crippen LogP contribution in [0.15, 0.2) is 39.7 Å². The van der Waals surface area contributed by atoms with Gasteiger partial charge in [0, 0.05) is 69.3 Å². The molecule has 4 rings (SSSR count). The molecule has 0 saturated carbocycles. The van der Waals surface area contributed by atoms with Gasteiger partial charge < -0.3 is 30.9 Å². The third kappa shape index (κ3) is 15.5. The number of nitriles is 1. The number of nitrogens with zero attached hydrogens (tertiary/aromatic N) is 9. The first kappa shape index (κ1) is 37.2. The van der Waals surface area contributed by atoms with Gasteiger partial charge in [-0.25, -0.2) is 30.2 Å². The lowest BCUT2D eigenvalue weighted by atomic mass is 10.1. The Labute approximate surface area is 276 Å². The molecular formula is C23H31Cl2N13O5S2.